The minimum Gasteiger partial charge on any atom is -0.463 e. The third kappa shape index (κ3) is 8.25. The highest BCUT2D eigenvalue weighted by Crippen LogP contribution is 2.11. The minimum atomic E-state index is -0.772. The van der Waals surface area contributed by atoms with Crippen molar-refractivity contribution in [3.05, 3.63) is 48.6 Å². The Balaban J connectivity index is 2.44. The van der Waals surface area contributed by atoms with E-state index in [0.717, 1.165) is 5.56 Å². The minimum absolute atomic E-state index is 0.222. The third-order valence-corrected chi connectivity index (χ3v) is 3.03. The number of hydrogen-bond donors (Lipinski definition) is 1. The predicted octanol–water partition coefficient (Wildman–Crippen LogP) is 2.34. The highest BCUT2D eigenvalue weighted by molar-refractivity contribution is 5.93. The molecule has 7 heteroatoms. The van der Waals surface area contributed by atoms with Gasteiger partial charge in [-0.25, -0.2) is 9.59 Å². The molecule has 1 N–H and O–H groups in total. The summed E-state index contributed by atoms with van der Waals surface area (Å²) in [6, 6.07) is 6.78. The van der Waals surface area contributed by atoms with E-state index in [-0.39, 0.29) is 6.61 Å². The average molecular weight is 361 g/mol. The topological polar surface area (TPSA) is 90.9 Å². The lowest BCUT2D eigenvalue weighted by Crippen LogP contribution is -2.28. The zero-order valence-corrected chi connectivity index (χ0v) is 14.9. The van der Waals surface area contributed by atoms with E-state index in [1.165, 1.54) is 19.1 Å². The van der Waals surface area contributed by atoms with Gasteiger partial charge in [0.1, 0.15) is 0 Å². The summed E-state index contributed by atoms with van der Waals surface area (Å²) >= 11 is 0. The first-order valence-electron chi connectivity index (χ1n) is 8.10. The van der Waals surface area contributed by atoms with Crippen molar-refractivity contribution in [3.8, 4) is 0 Å². The summed E-state index contributed by atoms with van der Waals surface area (Å²) in [6.45, 7) is 6.87. The summed E-state index contributed by atoms with van der Waals surface area (Å²) in [4.78, 5) is 34.7. The molecule has 1 atom stereocenters. The lowest BCUT2D eigenvalue weighted by atomic mass is 10.2. The molecule has 1 aromatic rings. The number of nitrogens with one attached hydrogen (secondary N) is 1. The summed E-state index contributed by atoms with van der Waals surface area (Å²) in [5.41, 5.74) is 1.31. The number of benzene rings is 1. The first-order valence-corrected chi connectivity index (χ1v) is 8.10. The molecule has 0 bridgehead atoms. The number of hydrogen-bond acceptors (Lipinski definition) is 6. The second kappa shape index (κ2) is 11.6. The molecule has 0 radical (unpaired) electrons. The summed E-state index contributed by atoms with van der Waals surface area (Å²) < 4.78 is 14.8. The van der Waals surface area contributed by atoms with Gasteiger partial charge in [-0.05, 0) is 37.6 Å². The summed E-state index contributed by atoms with van der Waals surface area (Å²) in [5, 5.41) is 2.60. The molecule has 0 aliphatic heterocycles. The number of anilines is 1. The lowest BCUT2D eigenvalue weighted by molar-refractivity contribution is -0.157. The molecule has 0 aliphatic carbocycles. The SMILES string of the molecule is C=CCOC(C)C(=O)OCC(=O)Nc1ccc(/C=C/C(=O)OCC)cc1. The molecule has 0 heterocycles. The van der Waals surface area contributed by atoms with Gasteiger partial charge >= 0.3 is 11.9 Å². The van der Waals surface area contributed by atoms with Crippen molar-refractivity contribution in [1.82, 2.24) is 0 Å². The van der Waals surface area contributed by atoms with Crippen LogP contribution in [0.2, 0.25) is 0 Å². The monoisotopic (exact) mass is 361 g/mol. The average Bonchev–Trinajstić information content (AvgIpc) is 2.63. The highest BCUT2D eigenvalue weighted by Gasteiger charge is 2.16. The Hall–Kier alpha value is -2.93. The van der Waals surface area contributed by atoms with E-state index >= 15 is 0 Å². The first kappa shape index (κ1) is 21.1. The molecule has 7 nitrogen and oxygen atoms in total. The van der Waals surface area contributed by atoms with Crippen molar-refractivity contribution < 1.29 is 28.6 Å². The van der Waals surface area contributed by atoms with Crippen LogP contribution in [0.5, 0.6) is 0 Å². The maximum atomic E-state index is 11.8. The molecule has 26 heavy (non-hydrogen) atoms. The predicted molar refractivity (Wildman–Crippen MR) is 97.3 cm³/mol. The van der Waals surface area contributed by atoms with E-state index in [2.05, 4.69) is 11.9 Å². The quantitative estimate of drug-likeness (QED) is 0.391. The highest BCUT2D eigenvalue weighted by atomic mass is 16.6. The van der Waals surface area contributed by atoms with Gasteiger partial charge < -0.3 is 19.5 Å². The Morgan fingerprint density at radius 1 is 1.19 bits per heavy atom. The Morgan fingerprint density at radius 3 is 2.50 bits per heavy atom. The van der Waals surface area contributed by atoms with Crippen molar-refractivity contribution in [2.45, 2.75) is 20.0 Å². The van der Waals surface area contributed by atoms with Crippen LogP contribution in [0.25, 0.3) is 6.08 Å². The van der Waals surface area contributed by atoms with Gasteiger partial charge in [0.05, 0.1) is 13.2 Å². The van der Waals surface area contributed by atoms with Crippen LogP contribution in [0.15, 0.2) is 43.0 Å². The van der Waals surface area contributed by atoms with Crippen LogP contribution >= 0.6 is 0 Å². The van der Waals surface area contributed by atoms with E-state index in [1.54, 1.807) is 37.3 Å². The van der Waals surface area contributed by atoms with E-state index < -0.39 is 30.6 Å². The Bertz CT molecular complexity index is 650. The van der Waals surface area contributed by atoms with Crippen molar-refractivity contribution in [1.29, 1.82) is 0 Å². The Morgan fingerprint density at radius 2 is 1.88 bits per heavy atom. The first-order chi connectivity index (χ1) is 12.5. The maximum Gasteiger partial charge on any atom is 0.335 e. The Labute approximate surface area is 152 Å². The maximum absolute atomic E-state index is 11.8. The zero-order chi connectivity index (χ0) is 19.4. The van der Waals surface area contributed by atoms with Gasteiger partial charge in [-0.1, -0.05) is 18.2 Å². The summed E-state index contributed by atoms with van der Waals surface area (Å²) in [6.07, 6.45) is 3.68. The molecule has 1 amide bonds. The fourth-order valence-electron chi connectivity index (χ4n) is 1.76. The van der Waals surface area contributed by atoms with Crippen molar-refractivity contribution in [3.63, 3.8) is 0 Å². The number of carbonyl (C=O) groups excluding carboxylic acids is 3. The molecule has 140 valence electrons. The van der Waals surface area contributed by atoms with Crippen LogP contribution in [0.1, 0.15) is 19.4 Å². The Kier molecular flexibility index (Phi) is 9.42. The molecule has 0 spiro atoms. The lowest BCUT2D eigenvalue weighted by Gasteiger charge is -2.11. The zero-order valence-electron chi connectivity index (χ0n) is 14.9. The number of amides is 1. The van der Waals surface area contributed by atoms with Crippen LogP contribution in [0.3, 0.4) is 0 Å². The van der Waals surface area contributed by atoms with Gasteiger partial charge in [0.25, 0.3) is 5.91 Å². The van der Waals surface area contributed by atoms with Gasteiger partial charge in [0, 0.05) is 11.8 Å². The van der Waals surface area contributed by atoms with Crippen LogP contribution in [0, 0.1) is 0 Å². The molecular weight excluding hydrogens is 338 g/mol. The number of carbonyl (C=O) groups is 3. The van der Waals surface area contributed by atoms with Crippen LogP contribution in [-0.2, 0) is 28.6 Å². The van der Waals surface area contributed by atoms with E-state index in [9.17, 15) is 14.4 Å². The molecule has 0 saturated heterocycles. The van der Waals surface area contributed by atoms with Gasteiger partial charge in [0.2, 0.25) is 0 Å². The molecule has 0 aromatic heterocycles. The van der Waals surface area contributed by atoms with E-state index in [1.807, 2.05) is 0 Å². The fourth-order valence-corrected chi connectivity index (χ4v) is 1.76. The van der Waals surface area contributed by atoms with Crippen molar-refractivity contribution >= 4 is 29.6 Å². The van der Waals surface area contributed by atoms with Gasteiger partial charge in [-0.15, -0.1) is 6.58 Å². The largest absolute Gasteiger partial charge is 0.463 e. The van der Waals surface area contributed by atoms with Crippen LogP contribution < -0.4 is 5.32 Å². The van der Waals surface area contributed by atoms with Crippen molar-refractivity contribution in [2.24, 2.45) is 0 Å². The fraction of sp³-hybridized carbons (Fsp3) is 0.316. The van der Waals surface area contributed by atoms with Gasteiger partial charge in [-0.3, -0.25) is 4.79 Å². The molecule has 0 fully saturated rings. The van der Waals surface area contributed by atoms with Gasteiger partial charge in [0.15, 0.2) is 12.7 Å². The third-order valence-electron chi connectivity index (χ3n) is 3.03. The van der Waals surface area contributed by atoms with Crippen molar-refractivity contribution in [2.75, 3.05) is 25.1 Å². The molecule has 0 saturated carbocycles. The summed E-state index contributed by atoms with van der Waals surface area (Å²) in [7, 11) is 0. The van der Waals surface area contributed by atoms with Crippen LogP contribution in [0.4, 0.5) is 5.69 Å². The smallest absolute Gasteiger partial charge is 0.335 e. The number of ether oxygens (including phenoxy) is 3. The summed E-state index contributed by atoms with van der Waals surface area (Å²) in [5.74, 6) is -1.51. The molecular formula is C19H23NO6. The normalized spacial score (nSPS) is 11.6. The van der Waals surface area contributed by atoms with E-state index in [4.69, 9.17) is 14.2 Å². The second-order valence-electron chi connectivity index (χ2n) is 5.13. The van der Waals surface area contributed by atoms with E-state index in [0.29, 0.717) is 12.3 Å². The standard InChI is InChI=1S/C19H23NO6/c1-4-12-25-14(3)19(23)26-13-17(21)20-16-9-6-15(7-10-16)8-11-18(22)24-5-2/h4,6-11,14H,1,5,12-13H2,2-3H3,(H,20,21)/b11-8+. The second-order valence-corrected chi connectivity index (χ2v) is 5.13. The van der Waals surface area contributed by atoms with Gasteiger partial charge in [-0.2, -0.15) is 0 Å². The molecule has 1 unspecified atom stereocenters. The van der Waals surface area contributed by atoms with Crippen LogP contribution in [-0.4, -0.2) is 43.8 Å². The number of esters is 2. The molecule has 1 rings (SSSR count). The molecule has 0 aliphatic rings. The molecule has 1 aromatic carbocycles. The number of rotatable bonds is 10.